The Bertz CT molecular complexity index is 297. The Kier molecular flexibility index (Phi) is 6.35. The van der Waals surface area contributed by atoms with Gasteiger partial charge >= 0.3 is 6.03 Å². The lowest BCUT2D eigenvalue weighted by atomic mass is 9.67. The first-order valence-electron chi connectivity index (χ1n) is 8.27. The molecule has 1 heterocycles. The molecule has 1 fully saturated rings. The first-order valence-corrected chi connectivity index (χ1v) is 8.27. The van der Waals surface area contributed by atoms with Crippen molar-refractivity contribution in [2.75, 3.05) is 19.6 Å². The number of nitrogens with one attached hydrogen (secondary N) is 1. The molecule has 3 heteroatoms. The highest BCUT2D eigenvalue weighted by Gasteiger charge is 2.31. The minimum atomic E-state index is 0.139. The van der Waals surface area contributed by atoms with Crippen LogP contribution >= 0.6 is 0 Å². The molecule has 0 aliphatic carbocycles. The average molecular weight is 282 g/mol. The molecular formula is C17H34N2O. The van der Waals surface area contributed by atoms with E-state index in [2.05, 4.69) is 39.9 Å². The summed E-state index contributed by atoms with van der Waals surface area (Å²) in [5.41, 5.74) is 0.613. The molecule has 0 unspecified atom stereocenters. The predicted molar refractivity (Wildman–Crippen MR) is 85.9 cm³/mol. The normalized spacial score (nSPS) is 17.8. The summed E-state index contributed by atoms with van der Waals surface area (Å²) < 4.78 is 0. The zero-order valence-electron chi connectivity index (χ0n) is 14.2. The van der Waals surface area contributed by atoms with E-state index in [0.29, 0.717) is 10.8 Å². The fourth-order valence-electron chi connectivity index (χ4n) is 2.49. The number of amides is 2. The van der Waals surface area contributed by atoms with Crippen LogP contribution in [0.1, 0.15) is 73.1 Å². The molecule has 118 valence electrons. The molecule has 0 aromatic heterocycles. The molecule has 0 atom stereocenters. The Morgan fingerprint density at radius 1 is 1.00 bits per heavy atom. The number of carbonyl (C=O) groups excluding carboxylic acids is 1. The van der Waals surface area contributed by atoms with E-state index in [-0.39, 0.29) is 6.03 Å². The second kappa shape index (κ2) is 7.33. The molecule has 20 heavy (non-hydrogen) atoms. The van der Waals surface area contributed by atoms with Crippen molar-refractivity contribution in [3.05, 3.63) is 0 Å². The number of urea groups is 1. The van der Waals surface area contributed by atoms with E-state index in [9.17, 15) is 4.79 Å². The SMILES string of the molecule is CC(C)(C)C(C)(C)CCCNC(=O)N1CCCCCC1. The smallest absolute Gasteiger partial charge is 0.317 e. The number of hydrogen-bond donors (Lipinski definition) is 1. The van der Waals surface area contributed by atoms with Crippen LogP contribution in [0, 0.1) is 10.8 Å². The lowest BCUT2D eigenvalue weighted by molar-refractivity contribution is 0.116. The van der Waals surface area contributed by atoms with Gasteiger partial charge in [0.25, 0.3) is 0 Å². The third-order valence-electron chi connectivity index (χ3n) is 5.18. The van der Waals surface area contributed by atoms with Crippen LogP contribution in [0.25, 0.3) is 0 Å². The maximum absolute atomic E-state index is 12.1. The predicted octanol–water partition coefficient (Wildman–Crippen LogP) is 4.42. The van der Waals surface area contributed by atoms with Gasteiger partial charge in [-0.1, -0.05) is 47.5 Å². The maximum atomic E-state index is 12.1. The van der Waals surface area contributed by atoms with Gasteiger partial charge < -0.3 is 10.2 Å². The summed E-state index contributed by atoms with van der Waals surface area (Å²) in [6.45, 7) is 14.2. The molecule has 0 bridgehead atoms. The Morgan fingerprint density at radius 3 is 2.05 bits per heavy atom. The van der Waals surface area contributed by atoms with Gasteiger partial charge in [-0.3, -0.25) is 0 Å². The molecular weight excluding hydrogens is 248 g/mol. The van der Waals surface area contributed by atoms with E-state index in [1.807, 2.05) is 4.90 Å². The Morgan fingerprint density at radius 2 is 1.55 bits per heavy atom. The Balaban J connectivity index is 2.25. The van der Waals surface area contributed by atoms with Crippen LogP contribution in [0.15, 0.2) is 0 Å². The summed E-state index contributed by atoms with van der Waals surface area (Å²) in [6, 6.07) is 0.139. The van der Waals surface area contributed by atoms with Crippen LogP contribution in [0.2, 0.25) is 0 Å². The van der Waals surface area contributed by atoms with Gasteiger partial charge in [0.1, 0.15) is 0 Å². The third kappa shape index (κ3) is 5.34. The molecule has 1 N–H and O–H groups in total. The quantitative estimate of drug-likeness (QED) is 0.760. The van der Waals surface area contributed by atoms with Crippen molar-refractivity contribution in [3.63, 3.8) is 0 Å². The van der Waals surface area contributed by atoms with E-state index in [1.54, 1.807) is 0 Å². The molecule has 3 nitrogen and oxygen atoms in total. The monoisotopic (exact) mass is 282 g/mol. The van der Waals surface area contributed by atoms with Gasteiger partial charge in [-0.2, -0.15) is 0 Å². The zero-order chi connectivity index (χ0) is 15.2. The number of rotatable bonds is 4. The number of likely N-dealkylation sites (tertiary alicyclic amines) is 1. The van der Waals surface area contributed by atoms with Crippen molar-refractivity contribution >= 4 is 6.03 Å². The molecule has 1 aliphatic rings. The van der Waals surface area contributed by atoms with Gasteiger partial charge in [0.15, 0.2) is 0 Å². The summed E-state index contributed by atoms with van der Waals surface area (Å²) in [4.78, 5) is 14.1. The van der Waals surface area contributed by atoms with Gasteiger partial charge in [0.05, 0.1) is 0 Å². The van der Waals surface area contributed by atoms with Gasteiger partial charge in [-0.15, -0.1) is 0 Å². The standard InChI is InChI=1S/C17H34N2O/c1-16(2,3)17(4,5)11-10-12-18-15(20)19-13-8-6-7-9-14-19/h6-14H2,1-5H3,(H,18,20). The van der Waals surface area contributed by atoms with Gasteiger partial charge in [-0.05, 0) is 36.5 Å². The van der Waals surface area contributed by atoms with Crippen molar-refractivity contribution in [2.45, 2.75) is 73.1 Å². The van der Waals surface area contributed by atoms with Crippen LogP contribution < -0.4 is 5.32 Å². The zero-order valence-corrected chi connectivity index (χ0v) is 14.2. The molecule has 0 aromatic carbocycles. The minimum Gasteiger partial charge on any atom is -0.338 e. The fraction of sp³-hybridized carbons (Fsp3) is 0.941. The van der Waals surface area contributed by atoms with E-state index >= 15 is 0 Å². The van der Waals surface area contributed by atoms with Crippen molar-refractivity contribution in [1.82, 2.24) is 10.2 Å². The summed E-state index contributed by atoms with van der Waals surface area (Å²) in [7, 11) is 0. The number of carbonyl (C=O) groups is 1. The van der Waals surface area contributed by atoms with Crippen molar-refractivity contribution in [3.8, 4) is 0 Å². The fourth-order valence-corrected chi connectivity index (χ4v) is 2.49. The highest BCUT2D eigenvalue weighted by atomic mass is 16.2. The second-order valence-corrected chi connectivity index (χ2v) is 7.87. The van der Waals surface area contributed by atoms with Crippen LogP contribution in [0.4, 0.5) is 4.79 Å². The molecule has 0 spiro atoms. The average Bonchev–Trinajstić information content (AvgIpc) is 2.61. The summed E-state index contributed by atoms with van der Waals surface area (Å²) >= 11 is 0. The largest absolute Gasteiger partial charge is 0.338 e. The van der Waals surface area contributed by atoms with Crippen LogP contribution in [0.5, 0.6) is 0 Å². The molecule has 2 amide bonds. The lowest BCUT2D eigenvalue weighted by Gasteiger charge is -2.39. The molecule has 1 saturated heterocycles. The Hall–Kier alpha value is -0.730. The molecule has 0 saturated carbocycles. The molecule has 1 rings (SSSR count). The third-order valence-corrected chi connectivity index (χ3v) is 5.18. The highest BCUT2D eigenvalue weighted by molar-refractivity contribution is 5.74. The topological polar surface area (TPSA) is 32.3 Å². The van der Waals surface area contributed by atoms with Crippen molar-refractivity contribution < 1.29 is 4.79 Å². The van der Waals surface area contributed by atoms with Crippen LogP contribution in [-0.4, -0.2) is 30.6 Å². The number of hydrogen-bond acceptors (Lipinski definition) is 1. The summed E-state index contributed by atoms with van der Waals surface area (Å²) in [5, 5.41) is 3.09. The van der Waals surface area contributed by atoms with Gasteiger partial charge in [0, 0.05) is 19.6 Å². The van der Waals surface area contributed by atoms with E-state index in [1.165, 1.54) is 12.8 Å². The van der Waals surface area contributed by atoms with Gasteiger partial charge in [0.2, 0.25) is 0 Å². The van der Waals surface area contributed by atoms with Gasteiger partial charge in [-0.25, -0.2) is 4.79 Å². The number of nitrogens with zero attached hydrogens (tertiary/aromatic N) is 1. The minimum absolute atomic E-state index is 0.139. The molecule has 0 radical (unpaired) electrons. The van der Waals surface area contributed by atoms with Crippen molar-refractivity contribution in [1.29, 1.82) is 0 Å². The molecule has 0 aromatic rings. The summed E-state index contributed by atoms with van der Waals surface area (Å²) in [6.07, 6.45) is 7.06. The Labute approximate surface area is 125 Å². The highest BCUT2D eigenvalue weighted by Crippen LogP contribution is 2.41. The van der Waals surface area contributed by atoms with E-state index in [4.69, 9.17) is 0 Å². The van der Waals surface area contributed by atoms with Crippen LogP contribution in [-0.2, 0) is 0 Å². The first kappa shape index (κ1) is 17.3. The van der Waals surface area contributed by atoms with Crippen LogP contribution in [0.3, 0.4) is 0 Å². The first-order chi connectivity index (χ1) is 9.24. The van der Waals surface area contributed by atoms with E-state index < -0.39 is 0 Å². The van der Waals surface area contributed by atoms with E-state index in [0.717, 1.165) is 45.3 Å². The second-order valence-electron chi connectivity index (χ2n) is 7.87. The maximum Gasteiger partial charge on any atom is 0.317 e. The van der Waals surface area contributed by atoms with Crippen molar-refractivity contribution in [2.24, 2.45) is 10.8 Å². The summed E-state index contributed by atoms with van der Waals surface area (Å²) in [5.74, 6) is 0. The lowest BCUT2D eigenvalue weighted by Crippen LogP contribution is -2.41. The molecule has 1 aliphatic heterocycles.